The van der Waals surface area contributed by atoms with Crippen LogP contribution in [-0.2, 0) is 0 Å². The summed E-state index contributed by atoms with van der Waals surface area (Å²) >= 11 is 0. The van der Waals surface area contributed by atoms with Crippen molar-refractivity contribution in [2.75, 3.05) is 5.43 Å². The van der Waals surface area contributed by atoms with E-state index in [1.807, 2.05) is 38.1 Å². The van der Waals surface area contributed by atoms with Gasteiger partial charge in [0, 0.05) is 17.0 Å². The number of hydrazone groups is 1. The molecular weight excluding hydrogens is 331 g/mol. The first-order valence-electron chi connectivity index (χ1n) is 8.16. The van der Waals surface area contributed by atoms with Gasteiger partial charge in [0.2, 0.25) is 5.95 Å². The summed E-state index contributed by atoms with van der Waals surface area (Å²) < 4.78 is 19.9. The van der Waals surface area contributed by atoms with Crippen molar-refractivity contribution >= 4 is 11.7 Å². The summed E-state index contributed by atoms with van der Waals surface area (Å²) in [6.45, 7) is 5.55. The summed E-state index contributed by atoms with van der Waals surface area (Å²) in [5, 5.41) is 4.24. The third kappa shape index (κ3) is 4.42. The van der Waals surface area contributed by atoms with Gasteiger partial charge in [-0.3, -0.25) is 0 Å². The Morgan fingerprint density at radius 1 is 1.00 bits per heavy atom. The normalized spacial score (nSPS) is 11.3. The van der Waals surface area contributed by atoms with Crippen molar-refractivity contribution in [3.63, 3.8) is 0 Å². The molecule has 2 aromatic carbocycles. The molecule has 132 valence electrons. The summed E-state index contributed by atoms with van der Waals surface area (Å²) in [5.41, 5.74) is 5.76. The lowest BCUT2D eigenvalue weighted by atomic mass is 10.1. The molecule has 0 aliphatic heterocycles. The predicted octanol–water partition coefficient (Wildman–Crippen LogP) is 4.86. The van der Waals surface area contributed by atoms with Crippen LogP contribution in [-0.4, -0.2) is 15.7 Å². The summed E-state index contributed by atoms with van der Waals surface area (Å²) in [5.74, 6) is 0.700. The molecule has 0 saturated carbocycles. The van der Waals surface area contributed by atoms with Gasteiger partial charge in [-0.1, -0.05) is 18.2 Å². The topological polar surface area (TPSA) is 59.4 Å². The molecule has 0 aliphatic rings. The summed E-state index contributed by atoms with van der Waals surface area (Å²) in [4.78, 5) is 8.51. The second kappa shape index (κ2) is 7.74. The summed E-state index contributed by atoms with van der Waals surface area (Å²) in [6, 6.07) is 15.7. The lowest BCUT2D eigenvalue weighted by molar-refractivity contribution is 0.442. The van der Waals surface area contributed by atoms with E-state index >= 15 is 0 Å². The van der Waals surface area contributed by atoms with E-state index in [0.717, 1.165) is 11.4 Å². The maximum atomic E-state index is 14.3. The molecule has 1 heterocycles. The van der Waals surface area contributed by atoms with E-state index in [4.69, 9.17) is 4.74 Å². The lowest BCUT2D eigenvalue weighted by Crippen LogP contribution is -2.04. The zero-order valence-corrected chi connectivity index (χ0v) is 14.8. The average Bonchev–Trinajstić information content (AvgIpc) is 2.61. The number of hydrogen-bond donors (Lipinski definition) is 1. The van der Waals surface area contributed by atoms with E-state index in [1.165, 1.54) is 6.07 Å². The van der Waals surface area contributed by atoms with Gasteiger partial charge in [0.25, 0.3) is 0 Å². The fourth-order valence-electron chi connectivity index (χ4n) is 2.40. The zero-order chi connectivity index (χ0) is 18.5. The van der Waals surface area contributed by atoms with Crippen LogP contribution in [0.1, 0.15) is 23.9 Å². The van der Waals surface area contributed by atoms with Crippen LogP contribution in [0.25, 0.3) is 0 Å². The number of nitrogens with zero attached hydrogens (tertiary/aromatic N) is 3. The number of halogens is 1. The van der Waals surface area contributed by atoms with Crippen molar-refractivity contribution < 1.29 is 9.13 Å². The van der Waals surface area contributed by atoms with E-state index in [-0.39, 0.29) is 5.75 Å². The van der Waals surface area contributed by atoms with Gasteiger partial charge in [0.1, 0.15) is 5.75 Å². The van der Waals surface area contributed by atoms with Crippen LogP contribution in [0.2, 0.25) is 0 Å². The molecule has 0 saturated heterocycles. The van der Waals surface area contributed by atoms with Crippen molar-refractivity contribution in [2.24, 2.45) is 5.10 Å². The van der Waals surface area contributed by atoms with Gasteiger partial charge >= 0.3 is 0 Å². The largest absolute Gasteiger partial charge is 0.454 e. The van der Waals surface area contributed by atoms with Crippen molar-refractivity contribution in [1.29, 1.82) is 0 Å². The Hall–Kier alpha value is -3.28. The van der Waals surface area contributed by atoms with Crippen molar-refractivity contribution in [3.05, 3.63) is 77.4 Å². The third-order valence-corrected chi connectivity index (χ3v) is 3.63. The van der Waals surface area contributed by atoms with Gasteiger partial charge in [-0.15, -0.1) is 0 Å². The van der Waals surface area contributed by atoms with Gasteiger partial charge in [0.15, 0.2) is 11.6 Å². The number of ether oxygens (including phenoxy) is 1. The molecule has 0 radical (unpaired) electrons. The minimum absolute atomic E-state index is 0.165. The van der Waals surface area contributed by atoms with Gasteiger partial charge in [-0.05, 0) is 57.2 Å². The van der Waals surface area contributed by atoms with E-state index in [2.05, 4.69) is 20.5 Å². The Morgan fingerprint density at radius 3 is 2.35 bits per heavy atom. The standard InChI is InChI=1S/C20H19FN4O/c1-13-11-14(2)23-20(22-13)25-24-15(3)16-9-10-19(18(21)12-16)26-17-7-5-4-6-8-17/h4-12H,1-3H3,(H,22,23,25). The monoisotopic (exact) mass is 350 g/mol. The molecule has 1 aromatic heterocycles. The Balaban J connectivity index is 1.75. The Bertz CT molecular complexity index is 922. The molecule has 6 heteroatoms. The maximum Gasteiger partial charge on any atom is 0.243 e. The van der Waals surface area contributed by atoms with E-state index in [0.29, 0.717) is 23.0 Å². The van der Waals surface area contributed by atoms with Crippen molar-refractivity contribution in [2.45, 2.75) is 20.8 Å². The van der Waals surface area contributed by atoms with Gasteiger partial charge in [-0.2, -0.15) is 5.10 Å². The van der Waals surface area contributed by atoms with Crippen molar-refractivity contribution in [1.82, 2.24) is 9.97 Å². The highest BCUT2D eigenvalue weighted by Crippen LogP contribution is 2.25. The fraction of sp³-hybridized carbons (Fsp3) is 0.150. The molecule has 5 nitrogen and oxygen atoms in total. The first-order chi connectivity index (χ1) is 12.5. The van der Waals surface area contributed by atoms with Crippen LogP contribution in [0.5, 0.6) is 11.5 Å². The van der Waals surface area contributed by atoms with Crippen LogP contribution in [0.4, 0.5) is 10.3 Å². The van der Waals surface area contributed by atoms with Gasteiger partial charge < -0.3 is 4.74 Å². The van der Waals surface area contributed by atoms with Crippen molar-refractivity contribution in [3.8, 4) is 11.5 Å². The number of aromatic nitrogens is 2. The molecule has 26 heavy (non-hydrogen) atoms. The predicted molar refractivity (Wildman–Crippen MR) is 100 cm³/mol. The Kier molecular flexibility index (Phi) is 5.22. The molecule has 0 unspecified atom stereocenters. The zero-order valence-electron chi connectivity index (χ0n) is 14.8. The second-order valence-corrected chi connectivity index (χ2v) is 5.84. The first-order valence-corrected chi connectivity index (χ1v) is 8.16. The molecule has 3 rings (SSSR count). The molecule has 0 bridgehead atoms. The SMILES string of the molecule is CC(=NNc1nc(C)cc(C)n1)c1ccc(Oc2ccccc2)c(F)c1. The number of benzene rings is 2. The van der Waals surface area contributed by atoms with Gasteiger partial charge in [-0.25, -0.2) is 19.8 Å². The lowest BCUT2D eigenvalue weighted by Gasteiger charge is -2.08. The van der Waals surface area contributed by atoms with E-state index in [1.54, 1.807) is 31.2 Å². The number of para-hydroxylation sites is 1. The van der Waals surface area contributed by atoms with Crippen LogP contribution >= 0.6 is 0 Å². The molecule has 0 aliphatic carbocycles. The molecule has 3 aromatic rings. The number of hydrogen-bond acceptors (Lipinski definition) is 5. The minimum atomic E-state index is -0.455. The maximum absolute atomic E-state index is 14.3. The molecule has 0 atom stereocenters. The van der Waals surface area contributed by atoms with Crippen LogP contribution in [0, 0.1) is 19.7 Å². The first kappa shape index (κ1) is 17.5. The number of aryl methyl sites for hydroxylation is 2. The molecule has 0 spiro atoms. The number of rotatable bonds is 5. The number of nitrogens with one attached hydrogen (secondary N) is 1. The quantitative estimate of drug-likeness (QED) is 0.527. The molecular formula is C20H19FN4O. The highest BCUT2D eigenvalue weighted by atomic mass is 19.1. The highest BCUT2D eigenvalue weighted by Gasteiger charge is 2.08. The van der Waals surface area contributed by atoms with Crippen LogP contribution in [0.15, 0.2) is 59.7 Å². The average molecular weight is 350 g/mol. The molecule has 0 amide bonds. The van der Waals surface area contributed by atoms with E-state index in [9.17, 15) is 4.39 Å². The minimum Gasteiger partial charge on any atom is -0.454 e. The Morgan fingerprint density at radius 2 is 1.69 bits per heavy atom. The smallest absolute Gasteiger partial charge is 0.243 e. The summed E-state index contributed by atoms with van der Waals surface area (Å²) in [6.07, 6.45) is 0. The van der Waals surface area contributed by atoms with Crippen LogP contribution in [0.3, 0.4) is 0 Å². The summed E-state index contributed by atoms with van der Waals surface area (Å²) in [7, 11) is 0. The third-order valence-electron chi connectivity index (χ3n) is 3.63. The molecule has 1 N–H and O–H groups in total. The fourth-order valence-corrected chi connectivity index (χ4v) is 2.40. The molecule has 0 fully saturated rings. The highest BCUT2D eigenvalue weighted by molar-refractivity contribution is 5.99. The van der Waals surface area contributed by atoms with Gasteiger partial charge in [0.05, 0.1) is 5.71 Å². The second-order valence-electron chi connectivity index (χ2n) is 5.84. The van der Waals surface area contributed by atoms with E-state index < -0.39 is 5.82 Å². The Labute approximate surface area is 151 Å². The number of anilines is 1. The van der Waals surface area contributed by atoms with Crippen LogP contribution < -0.4 is 10.2 Å².